The molecule has 21 heavy (non-hydrogen) atoms. The number of aliphatic imine (C=N–C) groups is 1. The molecule has 1 aliphatic heterocycles. The molecular weight excluding hydrogens is 330 g/mol. The molecule has 114 valence electrons. The molecule has 4 heteroatoms. The van der Waals surface area contributed by atoms with Crippen LogP contribution in [0.2, 0.25) is 0 Å². The first-order chi connectivity index (χ1) is 10.1. The molecule has 1 aromatic rings. The van der Waals surface area contributed by atoms with Crippen LogP contribution >= 0.6 is 15.9 Å². The monoisotopic (exact) mass is 351 g/mol. The van der Waals surface area contributed by atoms with Crippen molar-refractivity contribution in [1.29, 1.82) is 0 Å². The third-order valence-corrected chi connectivity index (χ3v) is 4.33. The number of aliphatic hydroxyl groups excluding tert-OH is 1. The minimum atomic E-state index is -0.519. The van der Waals surface area contributed by atoms with E-state index in [1.54, 1.807) is 0 Å². The van der Waals surface area contributed by atoms with Crippen molar-refractivity contribution in [1.82, 2.24) is 0 Å². The Bertz CT molecular complexity index is 527. The molecule has 0 saturated heterocycles. The molecule has 1 aliphatic rings. The van der Waals surface area contributed by atoms with E-state index in [-0.39, 0.29) is 6.04 Å². The minimum Gasteiger partial charge on any atom is -0.441 e. The van der Waals surface area contributed by atoms with Gasteiger partial charge >= 0.3 is 0 Å². The fourth-order valence-electron chi connectivity index (χ4n) is 2.41. The second-order valence-electron chi connectivity index (χ2n) is 5.34. The summed E-state index contributed by atoms with van der Waals surface area (Å²) < 4.78 is 6.58. The highest BCUT2D eigenvalue weighted by Crippen LogP contribution is 2.27. The number of aliphatic hydroxyl groups is 1. The maximum absolute atomic E-state index is 10.3. The fraction of sp³-hybridized carbons (Fsp3) is 0.471. The Morgan fingerprint density at radius 1 is 1.33 bits per heavy atom. The van der Waals surface area contributed by atoms with Crippen LogP contribution in [0.3, 0.4) is 0 Å². The molecule has 0 fully saturated rings. The van der Waals surface area contributed by atoms with Crippen LogP contribution in [0.4, 0.5) is 0 Å². The van der Waals surface area contributed by atoms with E-state index >= 15 is 0 Å². The molecule has 1 N–H and O–H groups in total. The van der Waals surface area contributed by atoms with Crippen LogP contribution in [0, 0.1) is 0 Å². The van der Waals surface area contributed by atoms with E-state index in [4.69, 9.17) is 4.74 Å². The number of hydrogen-bond acceptors (Lipinski definition) is 3. The van der Waals surface area contributed by atoms with Gasteiger partial charge in [0, 0.05) is 4.47 Å². The Morgan fingerprint density at radius 2 is 2.10 bits per heavy atom. The lowest BCUT2D eigenvalue weighted by molar-refractivity contribution is 0.137. The smallest absolute Gasteiger partial charge is 0.223 e. The maximum Gasteiger partial charge on any atom is 0.223 e. The van der Waals surface area contributed by atoms with Gasteiger partial charge in [-0.3, -0.25) is 0 Å². The Balaban J connectivity index is 2.01. The zero-order valence-electron chi connectivity index (χ0n) is 12.4. The molecule has 0 spiro atoms. The van der Waals surface area contributed by atoms with E-state index in [9.17, 15) is 5.11 Å². The van der Waals surface area contributed by atoms with Gasteiger partial charge < -0.3 is 9.84 Å². The average Bonchev–Trinajstić information content (AvgIpc) is 2.86. The molecule has 0 radical (unpaired) electrons. The van der Waals surface area contributed by atoms with E-state index in [1.165, 1.54) is 12.8 Å². The highest BCUT2D eigenvalue weighted by atomic mass is 79.9. The maximum atomic E-state index is 10.3. The number of nitrogens with zero attached hydrogens (tertiary/aromatic N) is 1. The topological polar surface area (TPSA) is 41.8 Å². The molecule has 0 bridgehead atoms. The summed E-state index contributed by atoms with van der Waals surface area (Å²) in [7, 11) is 0. The van der Waals surface area contributed by atoms with Gasteiger partial charge in [-0.25, -0.2) is 4.99 Å². The lowest BCUT2D eigenvalue weighted by Gasteiger charge is -2.14. The van der Waals surface area contributed by atoms with Gasteiger partial charge in [0.25, 0.3) is 0 Å². The van der Waals surface area contributed by atoms with Gasteiger partial charge in [0.15, 0.2) is 0 Å². The van der Waals surface area contributed by atoms with Crippen molar-refractivity contribution in [2.45, 2.75) is 51.2 Å². The normalized spacial score (nSPS) is 19.3. The van der Waals surface area contributed by atoms with Crippen LogP contribution in [0.15, 0.2) is 46.1 Å². The summed E-state index contributed by atoms with van der Waals surface area (Å²) in [6.45, 7) is 6.07. The molecule has 0 saturated carbocycles. The van der Waals surface area contributed by atoms with E-state index < -0.39 is 6.10 Å². The van der Waals surface area contributed by atoms with Crippen molar-refractivity contribution in [3.05, 3.63) is 46.6 Å². The quantitative estimate of drug-likeness (QED) is 0.737. The van der Waals surface area contributed by atoms with E-state index in [0.717, 1.165) is 29.3 Å². The van der Waals surface area contributed by atoms with Gasteiger partial charge in [0.05, 0.1) is 11.7 Å². The molecule has 0 amide bonds. The van der Waals surface area contributed by atoms with Gasteiger partial charge in [-0.2, -0.15) is 0 Å². The molecule has 0 aromatic heterocycles. The standard InChI is InChI=1S/C17H22BrNO2/c1-3-4-5-6-11-15(20)16-12(2)21-17(19-16)13-9-7-8-10-14(13)18/h7-10,15-16,20H,2-6,11H2,1H3/t15-,16+/m1/s1. The van der Waals surface area contributed by atoms with Crippen molar-refractivity contribution in [2.75, 3.05) is 0 Å². The lowest BCUT2D eigenvalue weighted by atomic mass is 10.0. The van der Waals surface area contributed by atoms with E-state index in [0.29, 0.717) is 11.7 Å². The Hall–Kier alpha value is -1.13. The van der Waals surface area contributed by atoms with Crippen molar-refractivity contribution in [3.63, 3.8) is 0 Å². The third kappa shape index (κ3) is 4.17. The van der Waals surface area contributed by atoms with Crippen molar-refractivity contribution >= 4 is 21.8 Å². The van der Waals surface area contributed by atoms with Gasteiger partial charge in [-0.1, -0.05) is 51.3 Å². The van der Waals surface area contributed by atoms with Crippen LogP contribution < -0.4 is 0 Å². The number of benzene rings is 1. The Kier molecular flexibility index (Phi) is 6.00. The minimum absolute atomic E-state index is 0.353. The summed E-state index contributed by atoms with van der Waals surface area (Å²) in [5, 5.41) is 10.3. The largest absolute Gasteiger partial charge is 0.441 e. The SMILES string of the molecule is C=C1OC(c2ccccc2Br)=N[C@@H]1[C@H](O)CCCCCC. The van der Waals surface area contributed by atoms with Crippen molar-refractivity contribution < 1.29 is 9.84 Å². The summed E-state index contributed by atoms with van der Waals surface area (Å²) in [4.78, 5) is 4.51. The number of rotatable bonds is 7. The first kappa shape index (κ1) is 16.2. The highest BCUT2D eigenvalue weighted by molar-refractivity contribution is 9.10. The summed E-state index contributed by atoms with van der Waals surface area (Å²) in [6.07, 6.45) is 4.78. The van der Waals surface area contributed by atoms with Crippen LogP contribution in [0.5, 0.6) is 0 Å². The first-order valence-corrected chi connectivity index (χ1v) is 8.30. The molecular formula is C17H22BrNO2. The average molecular weight is 352 g/mol. The van der Waals surface area contributed by atoms with Crippen molar-refractivity contribution in [2.24, 2.45) is 4.99 Å². The first-order valence-electron chi connectivity index (χ1n) is 7.51. The van der Waals surface area contributed by atoms with Gasteiger partial charge in [-0.15, -0.1) is 0 Å². The van der Waals surface area contributed by atoms with Crippen LogP contribution in [0.25, 0.3) is 0 Å². The zero-order valence-corrected chi connectivity index (χ0v) is 14.0. The van der Waals surface area contributed by atoms with Crippen molar-refractivity contribution in [3.8, 4) is 0 Å². The lowest BCUT2D eigenvalue weighted by Crippen LogP contribution is -2.23. The number of hydrogen-bond donors (Lipinski definition) is 1. The van der Waals surface area contributed by atoms with Crippen LogP contribution in [-0.4, -0.2) is 23.2 Å². The number of halogens is 1. The zero-order chi connectivity index (χ0) is 15.2. The molecule has 0 unspecified atom stereocenters. The van der Waals surface area contributed by atoms with Gasteiger partial charge in [0.2, 0.25) is 5.90 Å². The molecule has 3 nitrogen and oxygen atoms in total. The molecule has 0 aliphatic carbocycles. The van der Waals surface area contributed by atoms with E-state index in [2.05, 4.69) is 34.4 Å². The molecule has 1 heterocycles. The molecule has 2 atom stereocenters. The second-order valence-corrected chi connectivity index (χ2v) is 6.20. The van der Waals surface area contributed by atoms with Crippen LogP contribution in [0.1, 0.15) is 44.6 Å². The second kappa shape index (κ2) is 7.76. The predicted octanol–water partition coefficient (Wildman–Crippen LogP) is 4.44. The summed E-state index contributed by atoms with van der Waals surface area (Å²) in [5.41, 5.74) is 0.888. The van der Waals surface area contributed by atoms with Gasteiger partial charge in [-0.05, 0) is 34.5 Å². The fourth-order valence-corrected chi connectivity index (χ4v) is 2.86. The van der Waals surface area contributed by atoms with Gasteiger partial charge in [0.1, 0.15) is 11.8 Å². The molecule has 1 aromatic carbocycles. The summed E-state index contributed by atoms with van der Waals surface area (Å²) >= 11 is 3.49. The number of ether oxygens (including phenoxy) is 1. The Morgan fingerprint density at radius 3 is 2.81 bits per heavy atom. The summed E-state index contributed by atoms with van der Waals surface area (Å²) in [6, 6.07) is 7.40. The molecule has 2 rings (SSSR count). The third-order valence-electron chi connectivity index (χ3n) is 3.64. The Labute approximate surface area is 134 Å². The van der Waals surface area contributed by atoms with Crippen LogP contribution in [-0.2, 0) is 4.74 Å². The summed E-state index contributed by atoms with van der Waals surface area (Å²) in [5.74, 6) is 1.06. The van der Waals surface area contributed by atoms with E-state index in [1.807, 2.05) is 24.3 Å². The highest BCUT2D eigenvalue weighted by Gasteiger charge is 2.31. The number of unbranched alkanes of at least 4 members (excludes halogenated alkanes) is 3. The predicted molar refractivity (Wildman–Crippen MR) is 89.5 cm³/mol.